The number of hydrogen-bond donors (Lipinski definition) is 1. The van der Waals surface area contributed by atoms with E-state index >= 15 is 0 Å². The second-order valence-corrected chi connectivity index (χ2v) is 5.21. The van der Waals surface area contributed by atoms with Gasteiger partial charge < -0.3 is 9.84 Å². The van der Waals surface area contributed by atoms with E-state index in [0.717, 1.165) is 30.8 Å². The predicted octanol–water partition coefficient (Wildman–Crippen LogP) is 1.77. The zero-order valence-corrected chi connectivity index (χ0v) is 11.5. The number of rotatable bonds is 3. The number of ether oxygens (including phenoxy) is 1. The zero-order chi connectivity index (χ0) is 13.8. The van der Waals surface area contributed by atoms with Gasteiger partial charge in [-0.2, -0.15) is 5.26 Å². The van der Waals surface area contributed by atoms with E-state index in [1.807, 2.05) is 6.07 Å². The summed E-state index contributed by atoms with van der Waals surface area (Å²) in [5.41, 5.74) is 1.66. The third-order valence-corrected chi connectivity index (χ3v) is 3.81. The van der Waals surface area contributed by atoms with Crippen LogP contribution in [0.15, 0.2) is 18.2 Å². The Bertz CT molecular complexity index is 482. The van der Waals surface area contributed by atoms with Crippen molar-refractivity contribution in [2.75, 3.05) is 20.2 Å². The number of aliphatic hydroxyl groups is 1. The number of methoxy groups -OCH3 is 1. The lowest BCUT2D eigenvalue weighted by atomic mass is 9.95. The molecule has 102 valence electrons. The second-order valence-electron chi connectivity index (χ2n) is 5.21. The van der Waals surface area contributed by atoms with E-state index in [9.17, 15) is 5.11 Å². The average Bonchev–Trinajstić information content (AvgIpc) is 2.43. The summed E-state index contributed by atoms with van der Waals surface area (Å²) >= 11 is 0. The van der Waals surface area contributed by atoms with Crippen molar-refractivity contribution in [1.29, 1.82) is 5.26 Å². The van der Waals surface area contributed by atoms with Gasteiger partial charge in [-0.15, -0.1) is 0 Å². The normalized spacial score (nSPS) is 23.9. The van der Waals surface area contributed by atoms with E-state index in [4.69, 9.17) is 10.00 Å². The predicted molar refractivity (Wildman–Crippen MR) is 72.8 cm³/mol. The molecule has 0 aromatic heterocycles. The minimum Gasteiger partial charge on any atom is -0.496 e. The fraction of sp³-hybridized carbons (Fsp3) is 0.533. The molecule has 4 nitrogen and oxygen atoms in total. The molecule has 4 heteroatoms. The molecule has 2 atom stereocenters. The highest BCUT2D eigenvalue weighted by Crippen LogP contribution is 2.24. The van der Waals surface area contributed by atoms with Crippen molar-refractivity contribution in [2.45, 2.75) is 26.0 Å². The molecule has 1 saturated heterocycles. The van der Waals surface area contributed by atoms with E-state index in [0.29, 0.717) is 18.0 Å². The number of β-amino-alcohol motifs (C(OH)–C–C–N with tert-alkyl or cyclic N) is 1. The van der Waals surface area contributed by atoms with Crippen LogP contribution in [0.2, 0.25) is 0 Å². The van der Waals surface area contributed by atoms with Crippen LogP contribution >= 0.6 is 0 Å². The number of benzene rings is 1. The molecule has 1 aliphatic rings. The topological polar surface area (TPSA) is 56.5 Å². The molecule has 2 rings (SSSR count). The van der Waals surface area contributed by atoms with Gasteiger partial charge in [0.15, 0.2) is 0 Å². The maximum atomic E-state index is 9.92. The first-order chi connectivity index (χ1) is 9.13. The molecule has 0 aliphatic carbocycles. The average molecular weight is 260 g/mol. The van der Waals surface area contributed by atoms with Crippen LogP contribution in [-0.4, -0.2) is 36.3 Å². The Balaban J connectivity index is 2.09. The minimum absolute atomic E-state index is 0.252. The van der Waals surface area contributed by atoms with Crippen molar-refractivity contribution >= 4 is 0 Å². The Labute approximate surface area is 114 Å². The van der Waals surface area contributed by atoms with Crippen LogP contribution in [-0.2, 0) is 6.54 Å². The summed E-state index contributed by atoms with van der Waals surface area (Å²) in [6.07, 6.45) is 0.762. The van der Waals surface area contributed by atoms with Crippen molar-refractivity contribution in [1.82, 2.24) is 4.90 Å². The van der Waals surface area contributed by atoms with E-state index in [1.165, 1.54) is 0 Å². The van der Waals surface area contributed by atoms with Gasteiger partial charge in [0.05, 0.1) is 24.8 Å². The van der Waals surface area contributed by atoms with Crippen molar-refractivity contribution in [2.24, 2.45) is 5.92 Å². The lowest BCUT2D eigenvalue weighted by Gasteiger charge is -2.34. The SMILES string of the molecule is COc1cc(C#N)ccc1CN1CCC(C)C(O)C1. The molecule has 0 amide bonds. The summed E-state index contributed by atoms with van der Waals surface area (Å²) in [5, 5.41) is 18.8. The van der Waals surface area contributed by atoms with Gasteiger partial charge in [-0.1, -0.05) is 13.0 Å². The third kappa shape index (κ3) is 3.25. The summed E-state index contributed by atoms with van der Waals surface area (Å²) in [6.45, 7) is 4.52. The van der Waals surface area contributed by atoms with Gasteiger partial charge in [-0.25, -0.2) is 0 Å². The first-order valence-corrected chi connectivity index (χ1v) is 6.61. The summed E-state index contributed by atoms with van der Waals surface area (Å²) in [4.78, 5) is 2.23. The van der Waals surface area contributed by atoms with Crippen LogP contribution in [0.5, 0.6) is 5.75 Å². The number of nitriles is 1. The maximum Gasteiger partial charge on any atom is 0.124 e. The van der Waals surface area contributed by atoms with Crippen molar-refractivity contribution in [3.63, 3.8) is 0 Å². The molecule has 2 unspecified atom stereocenters. The Morgan fingerprint density at radius 3 is 2.95 bits per heavy atom. The molecule has 1 aliphatic heterocycles. The molecular weight excluding hydrogens is 240 g/mol. The molecule has 0 spiro atoms. The Kier molecular flexibility index (Phi) is 4.41. The van der Waals surface area contributed by atoms with Crippen LogP contribution in [0.25, 0.3) is 0 Å². The number of nitrogens with zero attached hydrogens (tertiary/aromatic N) is 2. The summed E-state index contributed by atoms with van der Waals surface area (Å²) in [7, 11) is 1.62. The first kappa shape index (κ1) is 13.9. The van der Waals surface area contributed by atoms with E-state index in [-0.39, 0.29) is 6.10 Å². The number of likely N-dealkylation sites (tertiary alicyclic amines) is 1. The molecule has 19 heavy (non-hydrogen) atoms. The molecule has 0 bridgehead atoms. The van der Waals surface area contributed by atoms with Gasteiger partial charge in [0.25, 0.3) is 0 Å². The van der Waals surface area contributed by atoms with Crippen molar-refractivity contribution in [3.8, 4) is 11.8 Å². The highest BCUT2D eigenvalue weighted by molar-refractivity contribution is 5.42. The monoisotopic (exact) mass is 260 g/mol. The van der Waals surface area contributed by atoms with Crippen molar-refractivity contribution < 1.29 is 9.84 Å². The highest BCUT2D eigenvalue weighted by Gasteiger charge is 2.24. The minimum atomic E-state index is -0.252. The summed E-state index contributed by atoms with van der Waals surface area (Å²) < 4.78 is 5.34. The Hall–Kier alpha value is -1.57. The van der Waals surface area contributed by atoms with Crippen LogP contribution in [0.3, 0.4) is 0 Å². The highest BCUT2D eigenvalue weighted by atomic mass is 16.5. The summed E-state index contributed by atoms with van der Waals surface area (Å²) in [5.74, 6) is 1.12. The molecule has 1 aromatic carbocycles. The largest absolute Gasteiger partial charge is 0.496 e. The van der Waals surface area contributed by atoms with Crippen LogP contribution < -0.4 is 4.74 Å². The number of piperidine rings is 1. The molecule has 0 radical (unpaired) electrons. The molecule has 0 saturated carbocycles. The summed E-state index contributed by atoms with van der Waals surface area (Å²) in [6, 6.07) is 7.61. The van der Waals surface area contributed by atoms with Gasteiger partial charge in [-0.05, 0) is 31.0 Å². The third-order valence-electron chi connectivity index (χ3n) is 3.81. The lowest BCUT2D eigenvalue weighted by molar-refractivity contribution is 0.0256. The van der Waals surface area contributed by atoms with Gasteiger partial charge in [0.1, 0.15) is 5.75 Å². The standard InChI is InChI=1S/C15H20N2O2/c1-11-5-6-17(10-14(11)18)9-13-4-3-12(8-16)7-15(13)19-2/h3-4,7,11,14,18H,5-6,9-10H2,1-2H3. The zero-order valence-electron chi connectivity index (χ0n) is 11.5. The van der Waals surface area contributed by atoms with Crippen LogP contribution in [0.4, 0.5) is 0 Å². The fourth-order valence-electron chi connectivity index (χ4n) is 2.44. The van der Waals surface area contributed by atoms with Crippen molar-refractivity contribution in [3.05, 3.63) is 29.3 Å². The van der Waals surface area contributed by atoms with Gasteiger partial charge in [0, 0.05) is 18.7 Å². The smallest absolute Gasteiger partial charge is 0.124 e. The molecular formula is C15H20N2O2. The lowest BCUT2D eigenvalue weighted by Crippen LogP contribution is -2.42. The molecule has 1 aromatic rings. The Morgan fingerprint density at radius 1 is 1.53 bits per heavy atom. The first-order valence-electron chi connectivity index (χ1n) is 6.61. The van der Waals surface area contributed by atoms with E-state index in [2.05, 4.69) is 17.9 Å². The van der Waals surface area contributed by atoms with Gasteiger partial charge in [-0.3, -0.25) is 4.90 Å². The maximum absolute atomic E-state index is 9.92. The second kappa shape index (κ2) is 6.05. The number of hydrogen-bond acceptors (Lipinski definition) is 4. The van der Waals surface area contributed by atoms with E-state index in [1.54, 1.807) is 19.2 Å². The number of aliphatic hydroxyl groups excluding tert-OH is 1. The molecule has 1 heterocycles. The van der Waals surface area contributed by atoms with E-state index < -0.39 is 0 Å². The van der Waals surface area contributed by atoms with Gasteiger partial charge in [0.2, 0.25) is 0 Å². The van der Waals surface area contributed by atoms with Gasteiger partial charge >= 0.3 is 0 Å². The Morgan fingerprint density at radius 2 is 2.32 bits per heavy atom. The molecule has 1 N–H and O–H groups in total. The van der Waals surface area contributed by atoms with Crippen LogP contribution in [0.1, 0.15) is 24.5 Å². The quantitative estimate of drug-likeness (QED) is 0.900. The molecule has 1 fully saturated rings. The van der Waals surface area contributed by atoms with Crippen LogP contribution in [0, 0.1) is 17.2 Å². The fourth-order valence-corrected chi connectivity index (χ4v) is 2.44.